The van der Waals surface area contributed by atoms with Gasteiger partial charge in [0, 0.05) is 17.6 Å². The lowest BCUT2D eigenvalue weighted by Gasteiger charge is -2.24. The summed E-state index contributed by atoms with van der Waals surface area (Å²) in [6, 6.07) is 8.18. The Bertz CT molecular complexity index is 408. The predicted octanol–water partition coefficient (Wildman–Crippen LogP) is 2.95. The molecule has 0 bridgehead atoms. The molecule has 0 unspecified atom stereocenters. The predicted molar refractivity (Wildman–Crippen MR) is 67.3 cm³/mol. The zero-order valence-corrected chi connectivity index (χ0v) is 10.4. The number of hydrogen-bond donors (Lipinski definition) is 1. The van der Waals surface area contributed by atoms with E-state index in [2.05, 4.69) is 11.0 Å². The summed E-state index contributed by atoms with van der Waals surface area (Å²) in [5, 5.41) is 9.47. The Kier molecular flexibility index (Phi) is 4.02. The van der Waals surface area contributed by atoms with Crippen molar-refractivity contribution in [2.75, 3.05) is 13.1 Å². The number of benzene rings is 1. The van der Waals surface area contributed by atoms with Crippen LogP contribution in [0.25, 0.3) is 0 Å². The fourth-order valence-electron chi connectivity index (χ4n) is 2.42. The highest BCUT2D eigenvalue weighted by molar-refractivity contribution is 6.30. The van der Waals surface area contributed by atoms with Crippen LogP contribution in [0.15, 0.2) is 24.3 Å². The van der Waals surface area contributed by atoms with Crippen LogP contribution in [0.2, 0.25) is 5.02 Å². The molecular weight excluding hydrogens is 238 g/mol. The van der Waals surface area contributed by atoms with Crippen molar-refractivity contribution >= 4 is 17.6 Å². The van der Waals surface area contributed by atoms with Crippen LogP contribution in [0.5, 0.6) is 0 Å². The first kappa shape index (κ1) is 12.4. The molecule has 0 amide bonds. The van der Waals surface area contributed by atoms with E-state index in [1.54, 1.807) is 0 Å². The molecule has 1 fully saturated rings. The zero-order valence-electron chi connectivity index (χ0n) is 9.60. The smallest absolute Gasteiger partial charge is 0.304 e. The fraction of sp³-hybridized carbons (Fsp3) is 0.462. The molecule has 1 aromatic carbocycles. The van der Waals surface area contributed by atoms with Gasteiger partial charge in [-0.15, -0.1) is 0 Å². The second kappa shape index (κ2) is 5.52. The Labute approximate surface area is 106 Å². The second-order valence-electron chi connectivity index (χ2n) is 4.39. The molecule has 1 aromatic rings. The molecule has 1 atom stereocenters. The Hall–Kier alpha value is -1.06. The van der Waals surface area contributed by atoms with Crippen LogP contribution in [0.4, 0.5) is 0 Å². The SMILES string of the molecule is O=C(O)CCN1CCC[C@H]1c1cccc(Cl)c1. The summed E-state index contributed by atoms with van der Waals surface area (Å²) >= 11 is 5.99. The molecule has 17 heavy (non-hydrogen) atoms. The van der Waals surface area contributed by atoms with Crippen molar-refractivity contribution in [2.45, 2.75) is 25.3 Å². The van der Waals surface area contributed by atoms with E-state index >= 15 is 0 Å². The van der Waals surface area contributed by atoms with Gasteiger partial charge in [0.05, 0.1) is 6.42 Å². The van der Waals surface area contributed by atoms with Gasteiger partial charge in [0.25, 0.3) is 0 Å². The van der Waals surface area contributed by atoms with E-state index < -0.39 is 5.97 Å². The van der Waals surface area contributed by atoms with Gasteiger partial charge in [-0.1, -0.05) is 23.7 Å². The average Bonchev–Trinajstić information content (AvgIpc) is 2.74. The maximum absolute atomic E-state index is 10.6. The molecule has 0 spiro atoms. The van der Waals surface area contributed by atoms with Crippen molar-refractivity contribution < 1.29 is 9.90 Å². The number of nitrogens with zero attached hydrogens (tertiary/aromatic N) is 1. The monoisotopic (exact) mass is 253 g/mol. The van der Waals surface area contributed by atoms with E-state index in [1.807, 2.05) is 18.2 Å². The first-order valence-corrected chi connectivity index (χ1v) is 6.26. The minimum Gasteiger partial charge on any atom is -0.481 e. The van der Waals surface area contributed by atoms with Gasteiger partial charge < -0.3 is 5.11 Å². The number of hydrogen-bond acceptors (Lipinski definition) is 2. The highest BCUT2D eigenvalue weighted by Gasteiger charge is 2.26. The third-order valence-electron chi connectivity index (χ3n) is 3.21. The summed E-state index contributed by atoms with van der Waals surface area (Å²) in [4.78, 5) is 12.8. The van der Waals surface area contributed by atoms with Gasteiger partial charge in [0.2, 0.25) is 0 Å². The third-order valence-corrected chi connectivity index (χ3v) is 3.45. The van der Waals surface area contributed by atoms with Gasteiger partial charge in [0.15, 0.2) is 0 Å². The van der Waals surface area contributed by atoms with Crippen molar-refractivity contribution in [3.8, 4) is 0 Å². The van der Waals surface area contributed by atoms with E-state index in [1.165, 1.54) is 5.56 Å². The summed E-state index contributed by atoms with van der Waals surface area (Å²) in [6.07, 6.45) is 2.41. The second-order valence-corrected chi connectivity index (χ2v) is 4.83. The fourth-order valence-corrected chi connectivity index (χ4v) is 2.62. The van der Waals surface area contributed by atoms with Crippen LogP contribution in [0.3, 0.4) is 0 Å². The summed E-state index contributed by atoms with van der Waals surface area (Å²) in [5.41, 5.74) is 1.19. The number of rotatable bonds is 4. The highest BCUT2D eigenvalue weighted by atomic mass is 35.5. The van der Waals surface area contributed by atoms with E-state index in [4.69, 9.17) is 16.7 Å². The number of carboxylic acids is 1. The first-order chi connectivity index (χ1) is 8.16. The topological polar surface area (TPSA) is 40.5 Å². The van der Waals surface area contributed by atoms with Gasteiger partial charge in [0.1, 0.15) is 0 Å². The van der Waals surface area contributed by atoms with E-state index in [9.17, 15) is 4.79 Å². The van der Waals surface area contributed by atoms with E-state index in [-0.39, 0.29) is 6.42 Å². The first-order valence-electron chi connectivity index (χ1n) is 5.88. The van der Waals surface area contributed by atoms with Crippen LogP contribution in [-0.2, 0) is 4.79 Å². The van der Waals surface area contributed by atoms with Gasteiger partial charge in [-0.2, -0.15) is 0 Å². The Morgan fingerprint density at radius 2 is 2.35 bits per heavy atom. The molecule has 2 rings (SSSR count). The number of aliphatic carboxylic acids is 1. The molecule has 3 nitrogen and oxygen atoms in total. The molecule has 1 aliphatic rings. The minimum absolute atomic E-state index is 0.205. The van der Waals surface area contributed by atoms with Crippen molar-refractivity contribution in [3.63, 3.8) is 0 Å². The number of carboxylic acid groups (broad SMARTS) is 1. The van der Waals surface area contributed by atoms with Crippen molar-refractivity contribution in [3.05, 3.63) is 34.9 Å². The molecule has 0 saturated carbocycles. The molecule has 92 valence electrons. The van der Waals surface area contributed by atoms with Gasteiger partial charge in [-0.25, -0.2) is 0 Å². The Morgan fingerprint density at radius 1 is 1.53 bits per heavy atom. The lowest BCUT2D eigenvalue weighted by molar-refractivity contribution is -0.137. The Balaban J connectivity index is 2.06. The third kappa shape index (κ3) is 3.20. The average molecular weight is 254 g/mol. The lowest BCUT2D eigenvalue weighted by atomic mass is 10.0. The quantitative estimate of drug-likeness (QED) is 0.897. The summed E-state index contributed by atoms with van der Waals surface area (Å²) in [7, 11) is 0. The number of likely N-dealkylation sites (tertiary alicyclic amines) is 1. The van der Waals surface area contributed by atoms with Crippen molar-refractivity contribution in [1.29, 1.82) is 0 Å². The molecule has 1 N–H and O–H groups in total. The largest absolute Gasteiger partial charge is 0.481 e. The minimum atomic E-state index is -0.734. The molecule has 4 heteroatoms. The van der Waals surface area contributed by atoms with Gasteiger partial charge in [-0.05, 0) is 37.1 Å². The molecule has 1 saturated heterocycles. The number of carbonyl (C=O) groups is 1. The maximum Gasteiger partial charge on any atom is 0.304 e. The van der Waals surface area contributed by atoms with Crippen molar-refractivity contribution in [1.82, 2.24) is 4.90 Å². The maximum atomic E-state index is 10.6. The van der Waals surface area contributed by atoms with Crippen LogP contribution >= 0.6 is 11.6 Å². The number of halogens is 1. The van der Waals surface area contributed by atoms with E-state index in [0.717, 1.165) is 24.4 Å². The van der Waals surface area contributed by atoms with Crippen LogP contribution < -0.4 is 0 Å². The molecule has 0 aliphatic carbocycles. The Morgan fingerprint density at radius 3 is 3.06 bits per heavy atom. The zero-order chi connectivity index (χ0) is 12.3. The lowest BCUT2D eigenvalue weighted by Crippen LogP contribution is -2.26. The van der Waals surface area contributed by atoms with Crippen LogP contribution in [0.1, 0.15) is 30.9 Å². The van der Waals surface area contributed by atoms with Crippen molar-refractivity contribution in [2.24, 2.45) is 0 Å². The normalized spacial score (nSPS) is 20.6. The highest BCUT2D eigenvalue weighted by Crippen LogP contribution is 2.32. The van der Waals surface area contributed by atoms with Gasteiger partial charge >= 0.3 is 5.97 Å². The summed E-state index contributed by atoms with van der Waals surface area (Å²) < 4.78 is 0. The van der Waals surface area contributed by atoms with E-state index in [0.29, 0.717) is 12.6 Å². The summed E-state index contributed by atoms with van der Waals surface area (Å²) in [5.74, 6) is -0.734. The van der Waals surface area contributed by atoms with Gasteiger partial charge in [-0.3, -0.25) is 9.69 Å². The molecule has 1 aliphatic heterocycles. The molecule has 0 aromatic heterocycles. The van der Waals surface area contributed by atoms with Crippen LogP contribution in [0, 0.1) is 0 Å². The molecule has 1 heterocycles. The summed E-state index contributed by atoms with van der Waals surface area (Å²) in [6.45, 7) is 1.59. The molecular formula is C13H16ClNO2. The van der Waals surface area contributed by atoms with Crippen LogP contribution in [-0.4, -0.2) is 29.1 Å². The standard InChI is InChI=1S/C13H16ClNO2/c14-11-4-1-3-10(9-11)12-5-2-7-15(12)8-6-13(16)17/h1,3-4,9,12H,2,5-8H2,(H,16,17)/t12-/m0/s1. The molecule has 0 radical (unpaired) electrons.